The van der Waals surface area contributed by atoms with E-state index < -0.39 is 31.5 Å². The molecular formula is C48H46N6O7Si. The molecule has 5 aromatic carbocycles. The van der Waals surface area contributed by atoms with Crippen LogP contribution in [0.1, 0.15) is 30.0 Å². The van der Waals surface area contributed by atoms with Crippen LogP contribution in [-0.4, -0.2) is 73.8 Å². The Hall–Kier alpha value is -6.58. The summed E-state index contributed by atoms with van der Waals surface area (Å²) in [5.41, 5.74) is 0.941. The summed E-state index contributed by atoms with van der Waals surface area (Å²) in [6, 6.07) is 36.6. The van der Waals surface area contributed by atoms with Crippen molar-refractivity contribution in [2.24, 2.45) is 5.92 Å². The highest BCUT2D eigenvalue weighted by atomic mass is 28.4. The Bertz CT molecular complexity index is 2970. The number of ether oxygens (including phenoxy) is 1. The van der Waals surface area contributed by atoms with Crippen molar-refractivity contribution in [2.45, 2.75) is 56.8 Å². The molecule has 0 aliphatic carbocycles. The first-order valence-electron chi connectivity index (χ1n) is 20.7. The summed E-state index contributed by atoms with van der Waals surface area (Å²) in [6.45, 7) is 5.76. The first-order valence-corrected chi connectivity index (χ1v) is 23.7. The van der Waals surface area contributed by atoms with Gasteiger partial charge in [0.1, 0.15) is 0 Å². The largest absolute Gasteiger partial charge is 0.432 e. The maximum atomic E-state index is 15.4. The fourth-order valence-electron chi connectivity index (χ4n) is 9.55. The predicted octanol–water partition coefficient (Wildman–Crippen LogP) is 5.84. The molecule has 2 aliphatic heterocycles. The van der Waals surface area contributed by atoms with Crippen LogP contribution in [-0.2, 0) is 33.0 Å². The Morgan fingerprint density at radius 3 is 1.97 bits per heavy atom. The van der Waals surface area contributed by atoms with Gasteiger partial charge >= 0.3 is 0 Å². The number of aliphatic hydroxyl groups excluding tert-OH is 1. The van der Waals surface area contributed by atoms with Gasteiger partial charge in [0.15, 0.2) is 13.9 Å². The highest BCUT2D eigenvalue weighted by Gasteiger charge is 2.66. The minimum absolute atomic E-state index is 0.0997. The maximum Gasteiger partial charge on any atom is 0.279 e. The average molecular weight is 847 g/mol. The molecule has 0 radical (unpaired) electrons. The molecule has 0 bridgehead atoms. The molecule has 0 unspecified atom stereocenters. The SMILES string of the molecule is C[C@@H]1[C@@H]([Si](C)(C)O)[C@H](CC(=O)N(CCO)Cc2ccccc2)O[C@@]12C(=O)N(Cc1ccc(-n3ncc4ccccc4c3=O)cc1)c1ccc(-n3ncc4ccccc4c3=O)cc12. The van der Waals surface area contributed by atoms with E-state index in [1.807, 2.05) is 79.7 Å². The fourth-order valence-corrected chi connectivity index (χ4v) is 12.1. The van der Waals surface area contributed by atoms with Crippen LogP contribution in [0.3, 0.4) is 0 Å². The number of benzene rings is 5. The van der Waals surface area contributed by atoms with Gasteiger partial charge in [0.25, 0.3) is 17.0 Å². The van der Waals surface area contributed by atoms with E-state index in [4.69, 9.17) is 4.74 Å². The van der Waals surface area contributed by atoms with E-state index in [1.165, 1.54) is 9.36 Å². The third-order valence-corrected chi connectivity index (χ3v) is 14.9. The number of rotatable bonds is 11. The van der Waals surface area contributed by atoms with E-state index >= 15 is 4.79 Å². The molecule has 2 aromatic heterocycles. The number of nitrogens with zero attached hydrogens (tertiary/aromatic N) is 6. The van der Waals surface area contributed by atoms with Crippen molar-refractivity contribution in [3.63, 3.8) is 0 Å². The zero-order valence-corrected chi connectivity index (χ0v) is 35.6. The second-order valence-corrected chi connectivity index (χ2v) is 20.7. The van der Waals surface area contributed by atoms with E-state index in [0.717, 1.165) is 16.5 Å². The highest BCUT2D eigenvalue weighted by Crippen LogP contribution is 2.60. The van der Waals surface area contributed by atoms with Crippen LogP contribution in [0.25, 0.3) is 32.9 Å². The number of aromatic nitrogens is 4. The van der Waals surface area contributed by atoms with Gasteiger partial charge in [-0.05, 0) is 66.7 Å². The van der Waals surface area contributed by atoms with E-state index in [-0.39, 0.29) is 55.6 Å². The molecule has 7 aromatic rings. The van der Waals surface area contributed by atoms with Gasteiger partial charge in [0, 0.05) is 40.9 Å². The summed E-state index contributed by atoms with van der Waals surface area (Å²) in [6.07, 6.45) is 2.30. The third-order valence-electron chi connectivity index (χ3n) is 12.4. The quantitative estimate of drug-likeness (QED) is 0.153. The minimum atomic E-state index is -3.18. The number of carbonyl (C=O) groups excluding carboxylic acids is 2. The van der Waals surface area contributed by atoms with E-state index in [0.29, 0.717) is 38.8 Å². The van der Waals surface area contributed by atoms with Crippen LogP contribution in [0.15, 0.2) is 143 Å². The smallest absolute Gasteiger partial charge is 0.279 e. The van der Waals surface area contributed by atoms with Crippen molar-refractivity contribution in [3.05, 3.63) is 171 Å². The number of amides is 2. The molecule has 1 spiro atoms. The van der Waals surface area contributed by atoms with Crippen LogP contribution < -0.4 is 16.0 Å². The van der Waals surface area contributed by atoms with Crippen LogP contribution in [0.5, 0.6) is 0 Å². The highest BCUT2D eigenvalue weighted by molar-refractivity contribution is 6.71. The summed E-state index contributed by atoms with van der Waals surface area (Å²) in [5, 5.41) is 21.4. The third kappa shape index (κ3) is 7.04. The van der Waals surface area contributed by atoms with E-state index in [9.17, 15) is 24.3 Å². The van der Waals surface area contributed by atoms with Crippen molar-refractivity contribution >= 4 is 47.4 Å². The lowest BCUT2D eigenvalue weighted by Crippen LogP contribution is -2.46. The molecule has 4 atom stereocenters. The standard InChI is InChI=1S/C48H46N6O7Si/c1-31-44(62(2,3)60)42(26-43(56)51(23-24-55)29-32-11-5-4-6-12-32)61-48(31)40-25-37(54-46(58)39-16-10-8-14-35(39)28-50-54)21-22-41(40)52(47(48)59)30-33-17-19-36(20-18-33)53-45(57)38-15-9-7-13-34(38)27-49-53/h4-22,25,27-28,31,42,44,55,60H,23-24,26,29-30H2,1-3H3/t31-,42+,44-,48+/m1/s1. The van der Waals surface area contributed by atoms with Crippen LogP contribution >= 0.6 is 0 Å². The first-order chi connectivity index (χ1) is 29.9. The molecule has 1 saturated heterocycles. The maximum absolute atomic E-state index is 15.4. The Morgan fingerprint density at radius 1 is 0.774 bits per heavy atom. The first kappa shape index (κ1) is 40.8. The Labute approximate surface area is 358 Å². The number of fused-ring (bicyclic) bond motifs is 4. The van der Waals surface area contributed by atoms with Gasteiger partial charge in [-0.25, -0.2) is 0 Å². The summed E-state index contributed by atoms with van der Waals surface area (Å²) in [4.78, 5) is 72.1. The molecule has 62 heavy (non-hydrogen) atoms. The molecular weight excluding hydrogens is 801 g/mol. The van der Waals surface area contributed by atoms with E-state index in [1.54, 1.807) is 83.8 Å². The van der Waals surface area contributed by atoms with Crippen LogP contribution in [0.2, 0.25) is 18.6 Å². The summed E-state index contributed by atoms with van der Waals surface area (Å²) >= 11 is 0. The number of anilines is 1. The van der Waals surface area contributed by atoms with Crippen LogP contribution in [0, 0.1) is 5.92 Å². The molecule has 9 rings (SSSR count). The number of hydrogen-bond donors (Lipinski definition) is 2. The second-order valence-electron chi connectivity index (χ2n) is 16.7. The lowest BCUT2D eigenvalue weighted by Gasteiger charge is -2.32. The van der Waals surface area contributed by atoms with Gasteiger partial charge < -0.3 is 24.4 Å². The van der Waals surface area contributed by atoms with Crippen molar-refractivity contribution in [3.8, 4) is 11.4 Å². The minimum Gasteiger partial charge on any atom is -0.432 e. The van der Waals surface area contributed by atoms with Crippen LogP contribution in [0.4, 0.5) is 5.69 Å². The topological polar surface area (TPSA) is 160 Å². The van der Waals surface area contributed by atoms with Gasteiger partial charge in [-0.1, -0.05) is 85.8 Å². The Kier molecular flexibility index (Phi) is 10.6. The molecule has 2 amide bonds. The molecule has 13 nitrogen and oxygen atoms in total. The van der Waals surface area contributed by atoms with Crippen molar-refractivity contribution in [1.29, 1.82) is 0 Å². The summed E-state index contributed by atoms with van der Waals surface area (Å²) in [5.74, 6) is -1.24. The van der Waals surface area contributed by atoms with Gasteiger partial charge in [-0.2, -0.15) is 19.6 Å². The lowest BCUT2D eigenvalue weighted by atomic mass is 9.82. The predicted molar refractivity (Wildman–Crippen MR) is 239 cm³/mol. The Balaban J connectivity index is 1.11. The zero-order chi connectivity index (χ0) is 43.3. The van der Waals surface area contributed by atoms with Crippen molar-refractivity contribution < 1.29 is 24.2 Å². The molecule has 14 heteroatoms. The summed E-state index contributed by atoms with van der Waals surface area (Å²) in [7, 11) is -3.18. The molecule has 1 fully saturated rings. The number of aliphatic hydroxyl groups is 1. The lowest BCUT2D eigenvalue weighted by molar-refractivity contribution is -0.150. The van der Waals surface area contributed by atoms with Gasteiger partial charge in [0.2, 0.25) is 5.91 Å². The second kappa shape index (κ2) is 16.0. The molecule has 0 saturated carbocycles. The summed E-state index contributed by atoms with van der Waals surface area (Å²) < 4.78 is 9.71. The molecule has 314 valence electrons. The zero-order valence-electron chi connectivity index (χ0n) is 34.6. The average Bonchev–Trinajstić information content (AvgIpc) is 3.70. The van der Waals surface area contributed by atoms with Crippen molar-refractivity contribution in [1.82, 2.24) is 24.5 Å². The van der Waals surface area contributed by atoms with Crippen molar-refractivity contribution in [2.75, 3.05) is 18.1 Å². The number of carbonyl (C=O) groups is 2. The monoisotopic (exact) mass is 846 g/mol. The molecule has 2 N–H and O–H groups in total. The normalized spacial score (nSPS) is 19.7. The Morgan fingerprint density at radius 2 is 1.35 bits per heavy atom. The van der Waals surface area contributed by atoms with E-state index in [2.05, 4.69) is 10.2 Å². The van der Waals surface area contributed by atoms with Gasteiger partial charge in [0.05, 0.1) is 65.9 Å². The number of hydrogen-bond acceptors (Lipinski definition) is 9. The molecule has 2 aliphatic rings. The fraction of sp³-hybridized carbons (Fsp3) is 0.250. The van der Waals surface area contributed by atoms with Gasteiger partial charge in [-0.3, -0.25) is 19.2 Å². The van der Waals surface area contributed by atoms with Gasteiger partial charge in [-0.15, -0.1) is 0 Å². The molecule has 4 heterocycles.